The lowest BCUT2D eigenvalue weighted by Gasteiger charge is -2.32. The van der Waals surface area contributed by atoms with E-state index in [4.69, 9.17) is 10.5 Å². The molecule has 1 aliphatic rings. The summed E-state index contributed by atoms with van der Waals surface area (Å²) >= 11 is 1.63. The van der Waals surface area contributed by atoms with Gasteiger partial charge in [0.1, 0.15) is 5.75 Å². The molecule has 4 rings (SSSR count). The molecule has 7 heteroatoms. The zero-order valence-corrected chi connectivity index (χ0v) is 14.7. The molecular weight excluding hydrogens is 339 g/mol. The second-order valence-electron chi connectivity index (χ2n) is 6.19. The number of ether oxygens (including phenoxy) is 1. The molecule has 130 valence electrons. The number of likely N-dealkylation sites (N-methyl/N-ethyl adjacent to an activating group) is 1. The van der Waals surface area contributed by atoms with Gasteiger partial charge in [0, 0.05) is 50.2 Å². The zero-order valence-electron chi connectivity index (χ0n) is 13.9. The fraction of sp³-hybridized carbons (Fsp3) is 0.278. The Kier molecular flexibility index (Phi) is 4.19. The van der Waals surface area contributed by atoms with E-state index in [1.807, 2.05) is 0 Å². The van der Waals surface area contributed by atoms with Gasteiger partial charge in [-0.15, -0.1) is 11.3 Å². The molecule has 0 radical (unpaired) electrons. The number of nitrogens with zero attached hydrogens (tertiary/aromatic N) is 3. The van der Waals surface area contributed by atoms with Gasteiger partial charge >= 0.3 is 0 Å². The number of aromatic nitrogens is 1. The molecule has 1 saturated heterocycles. The maximum Gasteiger partial charge on any atom is 0.167 e. The van der Waals surface area contributed by atoms with E-state index in [-0.39, 0.29) is 5.75 Å². The van der Waals surface area contributed by atoms with E-state index in [0.29, 0.717) is 11.4 Å². The molecule has 3 heterocycles. The first-order chi connectivity index (χ1) is 12.1. The summed E-state index contributed by atoms with van der Waals surface area (Å²) in [5.74, 6) is 0.302. The maximum atomic E-state index is 14.0. The van der Waals surface area contributed by atoms with Crippen molar-refractivity contribution in [2.75, 3.05) is 43.9 Å². The first-order valence-corrected chi connectivity index (χ1v) is 8.97. The normalized spacial score (nSPS) is 15.7. The van der Waals surface area contributed by atoms with Crippen LogP contribution in [0.15, 0.2) is 36.5 Å². The fourth-order valence-corrected chi connectivity index (χ4v) is 4.00. The molecule has 0 saturated carbocycles. The van der Waals surface area contributed by atoms with Crippen LogP contribution in [0.2, 0.25) is 0 Å². The Morgan fingerprint density at radius 1 is 1.12 bits per heavy atom. The van der Waals surface area contributed by atoms with Crippen LogP contribution in [-0.2, 0) is 0 Å². The molecule has 0 atom stereocenters. The van der Waals surface area contributed by atoms with E-state index >= 15 is 0 Å². The third kappa shape index (κ3) is 3.25. The lowest BCUT2D eigenvalue weighted by atomic mass is 10.3. The molecule has 1 aromatic carbocycles. The monoisotopic (exact) mass is 358 g/mol. The standard InChI is InChI=1S/C18H19FN4OS/c1-22-6-8-23(9-7-22)17-11-14-18(25-17)16(4-5-21-14)24-15-3-2-12(20)10-13(15)19/h2-5,10-11H,6-9,20H2,1H3. The van der Waals surface area contributed by atoms with Crippen LogP contribution in [0.3, 0.4) is 0 Å². The number of halogens is 1. The fourth-order valence-electron chi connectivity index (χ4n) is 2.88. The Balaban J connectivity index is 1.65. The largest absolute Gasteiger partial charge is 0.453 e. The van der Waals surface area contributed by atoms with Crippen LogP contribution in [0.25, 0.3) is 10.2 Å². The first kappa shape index (κ1) is 16.1. The Hall–Kier alpha value is -2.38. The summed E-state index contributed by atoms with van der Waals surface area (Å²) in [5.41, 5.74) is 6.84. The summed E-state index contributed by atoms with van der Waals surface area (Å²) < 4.78 is 20.8. The highest BCUT2D eigenvalue weighted by Gasteiger charge is 2.18. The van der Waals surface area contributed by atoms with Crippen LogP contribution in [0, 0.1) is 5.82 Å². The summed E-state index contributed by atoms with van der Waals surface area (Å²) in [6, 6.07) is 8.28. The number of nitrogens with two attached hydrogens (primary N) is 1. The minimum absolute atomic E-state index is 0.163. The summed E-state index contributed by atoms with van der Waals surface area (Å²) in [4.78, 5) is 9.11. The summed E-state index contributed by atoms with van der Waals surface area (Å²) in [6.45, 7) is 4.07. The average Bonchev–Trinajstić information content (AvgIpc) is 3.03. The van der Waals surface area contributed by atoms with Gasteiger partial charge in [-0.3, -0.25) is 4.98 Å². The highest BCUT2D eigenvalue weighted by atomic mass is 32.1. The van der Waals surface area contributed by atoms with Crippen LogP contribution < -0.4 is 15.4 Å². The number of hydrogen-bond acceptors (Lipinski definition) is 6. The number of thiophene rings is 1. The second-order valence-corrected chi connectivity index (χ2v) is 7.22. The Morgan fingerprint density at radius 3 is 2.68 bits per heavy atom. The van der Waals surface area contributed by atoms with Gasteiger partial charge < -0.3 is 20.3 Å². The summed E-state index contributed by atoms with van der Waals surface area (Å²) in [7, 11) is 2.14. The predicted molar refractivity (Wildman–Crippen MR) is 100 cm³/mol. The van der Waals surface area contributed by atoms with Gasteiger partial charge in [-0.05, 0) is 25.2 Å². The van der Waals surface area contributed by atoms with Crippen LogP contribution in [0.5, 0.6) is 11.5 Å². The average molecular weight is 358 g/mol. The van der Waals surface area contributed by atoms with Crippen LogP contribution in [0.4, 0.5) is 15.1 Å². The zero-order chi connectivity index (χ0) is 17.4. The van der Waals surface area contributed by atoms with Crippen molar-refractivity contribution in [3.63, 3.8) is 0 Å². The SMILES string of the molecule is CN1CCN(c2cc3nccc(Oc4ccc(N)cc4F)c3s2)CC1. The van der Waals surface area contributed by atoms with Gasteiger partial charge in [0.15, 0.2) is 11.6 Å². The quantitative estimate of drug-likeness (QED) is 0.726. The van der Waals surface area contributed by atoms with Gasteiger partial charge in [-0.25, -0.2) is 4.39 Å². The third-order valence-corrected chi connectivity index (χ3v) is 5.55. The van der Waals surface area contributed by atoms with E-state index < -0.39 is 5.82 Å². The topological polar surface area (TPSA) is 54.6 Å². The number of nitrogen functional groups attached to an aromatic ring is 1. The predicted octanol–water partition coefficient (Wildman–Crippen LogP) is 3.56. The molecule has 0 bridgehead atoms. The van der Waals surface area contributed by atoms with E-state index in [0.717, 1.165) is 36.4 Å². The van der Waals surface area contributed by atoms with Crippen LogP contribution >= 0.6 is 11.3 Å². The number of rotatable bonds is 3. The molecule has 2 N–H and O–H groups in total. The van der Waals surface area contributed by atoms with Gasteiger partial charge in [-0.2, -0.15) is 0 Å². The molecule has 1 aliphatic heterocycles. The second kappa shape index (κ2) is 6.50. The van der Waals surface area contributed by atoms with Crippen LogP contribution in [-0.4, -0.2) is 43.1 Å². The molecular formula is C18H19FN4OS. The first-order valence-electron chi connectivity index (χ1n) is 8.15. The Morgan fingerprint density at radius 2 is 1.92 bits per heavy atom. The van der Waals surface area contributed by atoms with Crippen molar-refractivity contribution in [2.24, 2.45) is 0 Å². The van der Waals surface area contributed by atoms with Crippen molar-refractivity contribution in [2.45, 2.75) is 0 Å². The molecule has 0 spiro atoms. The minimum atomic E-state index is -0.471. The summed E-state index contributed by atoms with van der Waals surface area (Å²) in [5, 5.41) is 1.17. The number of benzene rings is 1. The van der Waals surface area contributed by atoms with Crippen molar-refractivity contribution in [1.29, 1.82) is 0 Å². The van der Waals surface area contributed by atoms with Gasteiger partial charge in [0.05, 0.1) is 15.2 Å². The lowest BCUT2D eigenvalue weighted by Crippen LogP contribution is -2.44. The van der Waals surface area contributed by atoms with Gasteiger partial charge in [0.25, 0.3) is 0 Å². The molecule has 25 heavy (non-hydrogen) atoms. The highest BCUT2D eigenvalue weighted by molar-refractivity contribution is 7.23. The van der Waals surface area contributed by atoms with E-state index in [2.05, 4.69) is 27.9 Å². The van der Waals surface area contributed by atoms with Crippen molar-refractivity contribution in [1.82, 2.24) is 9.88 Å². The Labute approximate surface area is 149 Å². The number of piperazine rings is 1. The van der Waals surface area contributed by atoms with Gasteiger partial charge in [0.2, 0.25) is 0 Å². The number of pyridine rings is 1. The summed E-state index contributed by atoms with van der Waals surface area (Å²) in [6.07, 6.45) is 1.69. The van der Waals surface area contributed by atoms with E-state index in [9.17, 15) is 4.39 Å². The molecule has 0 aliphatic carbocycles. The van der Waals surface area contributed by atoms with Crippen molar-refractivity contribution in [3.05, 3.63) is 42.3 Å². The maximum absolute atomic E-state index is 14.0. The van der Waals surface area contributed by atoms with Crippen molar-refractivity contribution >= 4 is 32.2 Å². The van der Waals surface area contributed by atoms with Crippen molar-refractivity contribution in [3.8, 4) is 11.5 Å². The molecule has 0 amide bonds. The molecule has 1 fully saturated rings. The Bertz CT molecular complexity index is 905. The number of fused-ring (bicyclic) bond motifs is 1. The molecule has 0 unspecified atom stereocenters. The van der Waals surface area contributed by atoms with E-state index in [1.54, 1.807) is 35.7 Å². The minimum Gasteiger partial charge on any atom is -0.453 e. The molecule has 2 aromatic heterocycles. The smallest absolute Gasteiger partial charge is 0.167 e. The molecule has 5 nitrogen and oxygen atoms in total. The number of anilines is 2. The van der Waals surface area contributed by atoms with Crippen molar-refractivity contribution < 1.29 is 9.13 Å². The third-order valence-electron chi connectivity index (χ3n) is 4.35. The van der Waals surface area contributed by atoms with E-state index in [1.165, 1.54) is 11.1 Å². The highest BCUT2D eigenvalue weighted by Crippen LogP contribution is 2.39. The van der Waals surface area contributed by atoms with Gasteiger partial charge in [-0.1, -0.05) is 0 Å². The molecule has 3 aromatic rings. The van der Waals surface area contributed by atoms with Crippen LogP contribution in [0.1, 0.15) is 0 Å². The lowest BCUT2D eigenvalue weighted by molar-refractivity contribution is 0.313. The number of hydrogen-bond donors (Lipinski definition) is 1.